The van der Waals surface area contributed by atoms with Crippen LogP contribution in [0.3, 0.4) is 0 Å². The molecule has 14 heavy (non-hydrogen) atoms. The Labute approximate surface area is 97.5 Å². The van der Waals surface area contributed by atoms with Crippen LogP contribution in [0.15, 0.2) is 23.3 Å². The molecule has 0 aromatic heterocycles. The number of carbonyl (C=O) groups is 1. The minimum Gasteiger partial charge on any atom is -0.267 e. The number of hydrogen-bond donors (Lipinski definition) is 1. The van der Waals surface area contributed by atoms with Gasteiger partial charge in [0.25, 0.3) is 5.91 Å². The van der Waals surface area contributed by atoms with Gasteiger partial charge in [-0.15, -0.1) is 0 Å². The number of nitrogens with one attached hydrogen (secondary N) is 1. The van der Waals surface area contributed by atoms with E-state index in [0.29, 0.717) is 5.56 Å². The molecule has 1 rings (SSSR count). The molecule has 0 aliphatic rings. The normalized spacial score (nSPS) is 10.4. The third kappa shape index (κ3) is 2.83. The average Bonchev–Trinajstić information content (AvgIpc) is 2.18. The van der Waals surface area contributed by atoms with E-state index in [1.165, 1.54) is 0 Å². The van der Waals surface area contributed by atoms with E-state index < -0.39 is 0 Å². The monoisotopic (exact) mass is 300 g/mol. The molecule has 0 radical (unpaired) electrons. The van der Waals surface area contributed by atoms with E-state index in [0.717, 1.165) is 9.03 Å². The maximum atomic E-state index is 11.5. The zero-order chi connectivity index (χ0) is 10.6. The summed E-state index contributed by atoms with van der Waals surface area (Å²) in [6.45, 7) is 1.75. The maximum Gasteiger partial charge on any atom is 0.272 e. The molecule has 0 spiro atoms. The summed E-state index contributed by atoms with van der Waals surface area (Å²) in [5.41, 5.74) is 4.17. The minimum atomic E-state index is -0.170. The number of hydrazone groups is 1. The number of benzene rings is 1. The molecule has 1 amide bonds. The number of halogens is 1. The molecule has 3 nitrogen and oxygen atoms in total. The minimum absolute atomic E-state index is 0.170. The van der Waals surface area contributed by atoms with Crippen LogP contribution >= 0.6 is 22.6 Å². The second-order valence-electron chi connectivity index (χ2n) is 2.81. The lowest BCUT2D eigenvalue weighted by molar-refractivity contribution is 0.0954. The fraction of sp³-hybridized carbons (Fsp3) is 0.111. The predicted octanol–water partition coefficient (Wildman–Crippen LogP) is 0.285. The summed E-state index contributed by atoms with van der Waals surface area (Å²) in [4.78, 5) is 11.5. The average molecular weight is 300 g/mol. The van der Waals surface area contributed by atoms with Crippen molar-refractivity contribution < 1.29 is 4.79 Å². The highest BCUT2D eigenvalue weighted by Crippen LogP contribution is 2.09. The van der Waals surface area contributed by atoms with Gasteiger partial charge in [0, 0.05) is 9.78 Å². The molecule has 0 aliphatic heterocycles. The Bertz CT molecular complexity index is 379. The Morgan fingerprint density at radius 2 is 2.36 bits per heavy atom. The number of nitrogens with zero attached hydrogens (tertiary/aromatic N) is 1. The smallest absolute Gasteiger partial charge is 0.267 e. The van der Waals surface area contributed by atoms with Crippen molar-refractivity contribution in [2.45, 2.75) is 6.92 Å². The van der Waals surface area contributed by atoms with Gasteiger partial charge in [-0.1, -0.05) is 17.6 Å². The lowest BCUT2D eigenvalue weighted by Crippen LogP contribution is -2.20. The summed E-state index contributed by atoms with van der Waals surface area (Å²) >= 11 is 2.13. The molecule has 0 aliphatic carbocycles. The SMILES string of the molecule is Bc1ccc(I)c(C(=O)N/N=C/C)c1. The van der Waals surface area contributed by atoms with Gasteiger partial charge >= 0.3 is 0 Å². The molecule has 0 saturated heterocycles. The van der Waals surface area contributed by atoms with Crippen LogP contribution in [-0.4, -0.2) is 20.0 Å². The maximum absolute atomic E-state index is 11.5. The number of amides is 1. The topological polar surface area (TPSA) is 41.5 Å². The first-order valence-electron chi connectivity index (χ1n) is 4.19. The van der Waals surface area contributed by atoms with Gasteiger partial charge in [-0.3, -0.25) is 4.79 Å². The number of hydrogen-bond acceptors (Lipinski definition) is 2. The molecule has 1 N–H and O–H groups in total. The predicted molar refractivity (Wildman–Crippen MR) is 69.0 cm³/mol. The van der Waals surface area contributed by atoms with E-state index in [4.69, 9.17) is 0 Å². The van der Waals surface area contributed by atoms with Crippen LogP contribution in [0.5, 0.6) is 0 Å². The van der Waals surface area contributed by atoms with Gasteiger partial charge in [0.1, 0.15) is 7.85 Å². The number of carbonyl (C=O) groups excluding carboxylic acids is 1. The largest absolute Gasteiger partial charge is 0.272 e. The molecule has 0 heterocycles. The summed E-state index contributed by atoms with van der Waals surface area (Å²) in [5, 5.41) is 3.69. The van der Waals surface area contributed by atoms with Gasteiger partial charge in [-0.05, 0) is 35.6 Å². The van der Waals surface area contributed by atoms with Crippen LogP contribution in [-0.2, 0) is 0 Å². The summed E-state index contributed by atoms with van der Waals surface area (Å²) in [5.74, 6) is -0.170. The highest BCUT2D eigenvalue weighted by Gasteiger charge is 2.08. The highest BCUT2D eigenvalue weighted by atomic mass is 127. The van der Waals surface area contributed by atoms with Gasteiger partial charge in [-0.2, -0.15) is 5.10 Å². The highest BCUT2D eigenvalue weighted by molar-refractivity contribution is 14.1. The zero-order valence-corrected chi connectivity index (χ0v) is 10.2. The van der Waals surface area contributed by atoms with Crippen molar-refractivity contribution in [2.24, 2.45) is 5.10 Å². The molecule has 1 aromatic carbocycles. The quantitative estimate of drug-likeness (QED) is 0.363. The molecule has 0 unspecified atom stereocenters. The first kappa shape index (κ1) is 11.2. The van der Waals surface area contributed by atoms with E-state index in [1.807, 2.05) is 26.0 Å². The van der Waals surface area contributed by atoms with E-state index in [-0.39, 0.29) is 5.91 Å². The fourth-order valence-electron chi connectivity index (χ4n) is 0.997. The molecule has 0 atom stereocenters. The van der Waals surface area contributed by atoms with Gasteiger partial charge in [0.15, 0.2) is 0 Å². The summed E-state index contributed by atoms with van der Waals surface area (Å²) in [7, 11) is 1.95. The van der Waals surface area contributed by atoms with Crippen molar-refractivity contribution in [3.63, 3.8) is 0 Å². The Kier molecular flexibility index (Phi) is 4.12. The van der Waals surface area contributed by atoms with E-state index in [9.17, 15) is 4.79 Å². The molecule has 72 valence electrons. The van der Waals surface area contributed by atoms with Crippen LogP contribution in [0.1, 0.15) is 17.3 Å². The molecule has 0 fully saturated rings. The lowest BCUT2D eigenvalue weighted by Gasteiger charge is -2.03. The standard InChI is InChI=1S/C9H10BIN2O/c1-2-12-13-9(14)7-5-6(10)3-4-8(7)11/h2-5H,10H2,1H3,(H,13,14)/b12-2+. The Morgan fingerprint density at radius 1 is 1.64 bits per heavy atom. The van der Waals surface area contributed by atoms with Crippen LogP contribution in [0.4, 0.5) is 0 Å². The van der Waals surface area contributed by atoms with Crippen molar-refractivity contribution in [3.8, 4) is 0 Å². The van der Waals surface area contributed by atoms with Crippen molar-refractivity contribution in [1.82, 2.24) is 5.43 Å². The van der Waals surface area contributed by atoms with Crippen LogP contribution in [0.25, 0.3) is 0 Å². The first-order valence-corrected chi connectivity index (χ1v) is 5.27. The van der Waals surface area contributed by atoms with E-state index >= 15 is 0 Å². The van der Waals surface area contributed by atoms with E-state index in [1.54, 1.807) is 13.1 Å². The molecule has 5 heteroatoms. The Balaban J connectivity index is 2.94. The molecule has 0 bridgehead atoms. The second-order valence-corrected chi connectivity index (χ2v) is 3.97. The fourth-order valence-corrected chi connectivity index (χ4v) is 1.58. The van der Waals surface area contributed by atoms with Gasteiger partial charge in [0.05, 0.1) is 5.56 Å². The molecular formula is C9H10BIN2O. The first-order chi connectivity index (χ1) is 6.65. The lowest BCUT2D eigenvalue weighted by atomic mass is 9.94. The third-order valence-corrected chi connectivity index (χ3v) is 2.60. The van der Waals surface area contributed by atoms with Crippen molar-refractivity contribution in [3.05, 3.63) is 27.3 Å². The second kappa shape index (κ2) is 5.14. The van der Waals surface area contributed by atoms with Crippen molar-refractivity contribution in [2.75, 3.05) is 0 Å². The number of rotatable bonds is 2. The summed E-state index contributed by atoms with van der Waals surface area (Å²) < 4.78 is 0.928. The van der Waals surface area contributed by atoms with Crippen LogP contribution < -0.4 is 10.9 Å². The van der Waals surface area contributed by atoms with Gasteiger partial charge < -0.3 is 0 Å². The van der Waals surface area contributed by atoms with Crippen molar-refractivity contribution >= 4 is 48.0 Å². The Morgan fingerprint density at radius 3 is 3.00 bits per heavy atom. The third-order valence-electron chi connectivity index (χ3n) is 1.66. The summed E-state index contributed by atoms with van der Waals surface area (Å²) in [6.07, 6.45) is 1.54. The van der Waals surface area contributed by atoms with Gasteiger partial charge in [0.2, 0.25) is 0 Å². The summed E-state index contributed by atoms with van der Waals surface area (Å²) in [6, 6.07) is 5.74. The van der Waals surface area contributed by atoms with Gasteiger partial charge in [-0.25, -0.2) is 5.43 Å². The molecule has 1 aromatic rings. The van der Waals surface area contributed by atoms with E-state index in [2.05, 4.69) is 33.1 Å². The van der Waals surface area contributed by atoms with Crippen LogP contribution in [0.2, 0.25) is 0 Å². The van der Waals surface area contributed by atoms with Crippen molar-refractivity contribution in [1.29, 1.82) is 0 Å². The Hall–Kier alpha value is -0.845. The van der Waals surface area contributed by atoms with Crippen LogP contribution in [0, 0.1) is 3.57 Å². The molecule has 0 saturated carbocycles. The zero-order valence-electron chi connectivity index (χ0n) is 8.04. The molecular weight excluding hydrogens is 290 g/mol.